The van der Waals surface area contributed by atoms with Crippen molar-refractivity contribution in [3.8, 4) is 5.75 Å². The average molecular weight is 248 g/mol. The molecule has 1 aromatic carbocycles. The van der Waals surface area contributed by atoms with Crippen LogP contribution in [0.5, 0.6) is 5.75 Å². The molecule has 0 aliphatic heterocycles. The lowest BCUT2D eigenvalue weighted by Crippen LogP contribution is -2.47. The molecule has 1 saturated carbocycles. The lowest BCUT2D eigenvalue weighted by atomic mass is 9.57. The highest BCUT2D eigenvalue weighted by Crippen LogP contribution is 2.52. The van der Waals surface area contributed by atoms with Crippen LogP contribution in [-0.2, 0) is 10.2 Å². The summed E-state index contributed by atoms with van der Waals surface area (Å²) < 4.78 is 5.34. The fourth-order valence-electron chi connectivity index (χ4n) is 2.92. The Bertz CT molecular complexity index is 459. The summed E-state index contributed by atoms with van der Waals surface area (Å²) >= 11 is 0. The van der Waals surface area contributed by atoms with E-state index in [2.05, 4.69) is 6.92 Å². The Morgan fingerprint density at radius 3 is 2.67 bits per heavy atom. The summed E-state index contributed by atoms with van der Waals surface area (Å²) in [5, 5.41) is 9.61. The topological polar surface area (TPSA) is 46.5 Å². The molecule has 0 atom stereocenters. The molecule has 1 N–H and O–H groups in total. The van der Waals surface area contributed by atoms with Crippen molar-refractivity contribution in [2.24, 2.45) is 5.92 Å². The first kappa shape index (κ1) is 12.9. The number of hydrogen-bond acceptors (Lipinski definition) is 2. The molecule has 0 radical (unpaired) electrons. The zero-order chi connectivity index (χ0) is 13.3. The number of hydrogen-bond donors (Lipinski definition) is 1. The molecule has 0 saturated heterocycles. The number of aliphatic carboxylic acids is 1. The number of carboxylic acid groups (broad SMARTS) is 1. The highest BCUT2D eigenvalue weighted by Gasteiger charge is 2.52. The number of methoxy groups -OCH3 is 1. The Morgan fingerprint density at radius 2 is 2.17 bits per heavy atom. The van der Waals surface area contributed by atoms with Crippen LogP contribution in [0.3, 0.4) is 0 Å². The minimum absolute atomic E-state index is 0.520. The quantitative estimate of drug-likeness (QED) is 0.890. The Balaban J connectivity index is 2.44. The average Bonchev–Trinajstić information content (AvgIpc) is 2.28. The second-order valence-corrected chi connectivity index (χ2v) is 5.27. The van der Waals surface area contributed by atoms with E-state index in [4.69, 9.17) is 4.74 Å². The molecule has 98 valence electrons. The zero-order valence-electron chi connectivity index (χ0n) is 11.2. The molecule has 18 heavy (non-hydrogen) atoms. The highest BCUT2D eigenvalue weighted by molar-refractivity contribution is 5.84. The van der Waals surface area contributed by atoms with Gasteiger partial charge < -0.3 is 9.84 Å². The van der Waals surface area contributed by atoms with Gasteiger partial charge in [-0.1, -0.05) is 31.0 Å². The molecule has 1 fully saturated rings. The van der Waals surface area contributed by atoms with Crippen molar-refractivity contribution in [3.63, 3.8) is 0 Å². The van der Waals surface area contributed by atoms with E-state index in [1.165, 1.54) is 0 Å². The van der Waals surface area contributed by atoms with Gasteiger partial charge in [0.25, 0.3) is 0 Å². The van der Waals surface area contributed by atoms with Crippen molar-refractivity contribution in [1.82, 2.24) is 0 Å². The van der Waals surface area contributed by atoms with Crippen LogP contribution >= 0.6 is 0 Å². The summed E-state index contributed by atoms with van der Waals surface area (Å²) in [6.07, 6.45) is 2.49. The van der Waals surface area contributed by atoms with Crippen LogP contribution in [0.1, 0.15) is 37.3 Å². The molecule has 0 bridgehead atoms. The van der Waals surface area contributed by atoms with E-state index in [9.17, 15) is 9.90 Å². The second-order valence-electron chi connectivity index (χ2n) is 5.27. The number of benzene rings is 1. The van der Waals surface area contributed by atoms with E-state index < -0.39 is 11.4 Å². The maximum Gasteiger partial charge on any atom is 0.314 e. The summed E-state index contributed by atoms with van der Waals surface area (Å²) in [7, 11) is 1.60. The molecular weight excluding hydrogens is 228 g/mol. The van der Waals surface area contributed by atoms with Crippen LogP contribution < -0.4 is 4.74 Å². The van der Waals surface area contributed by atoms with Crippen LogP contribution in [-0.4, -0.2) is 18.2 Å². The molecule has 0 aromatic heterocycles. The van der Waals surface area contributed by atoms with E-state index in [-0.39, 0.29) is 0 Å². The minimum Gasteiger partial charge on any atom is -0.496 e. The van der Waals surface area contributed by atoms with Crippen molar-refractivity contribution in [1.29, 1.82) is 0 Å². The van der Waals surface area contributed by atoms with E-state index in [1.807, 2.05) is 25.1 Å². The normalized spacial score (nSPS) is 26.5. The Morgan fingerprint density at radius 1 is 1.50 bits per heavy atom. The van der Waals surface area contributed by atoms with Gasteiger partial charge >= 0.3 is 5.97 Å². The van der Waals surface area contributed by atoms with Gasteiger partial charge in [0.15, 0.2) is 0 Å². The van der Waals surface area contributed by atoms with Gasteiger partial charge in [0.2, 0.25) is 0 Å². The molecule has 0 unspecified atom stereocenters. The molecular formula is C15H20O3. The first-order valence-electron chi connectivity index (χ1n) is 6.42. The summed E-state index contributed by atoms with van der Waals surface area (Å²) in [6.45, 7) is 4.10. The van der Waals surface area contributed by atoms with Gasteiger partial charge in [-0.2, -0.15) is 0 Å². The fraction of sp³-hybridized carbons (Fsp3) is 0.533. The monoisotopic (exact) mass is 248 g/mol. The maximum absolute atomic E-state index is 11.7. The van der Waals surface area contributed by atoms with Gasteiger partial charge in [-0.25, -0.2) is 0 Å². The summed E-state index contributed by atoms with van der Waals surface area (Å²) in [5.74, 6) is 0.486. The van der Waals surface area contributed by atoms with Crippen molar-refractivity contribution in [3.05, 3.63) is 29.3 Å². The lowest BCUT2D eigenvalue weighted by Gasteiger charge is -2.45. The molecule has 3 nitrogen and oxygen atoms in total. The second kappa shape index (κ2) is 4.63. The number of ether oxygens (including phenoxy) is 1. The highest BCUT2D eigenvalue weighted by atomic mass is 16.5. The predicted molar refractivity (Wildman–Crippen MR) is 70.1 cm³/mol. The summed E-state index contributed by atoms with van der Waals surface area (Å²) in [4.78, 5) is 11.7. The fourth-order valence-corrected chi connectivity index (χ4v) is 2.92. The molecule has 1 aliphatic carbocycles. The van der Waals surface area contributed by atoms with Crippen molar-refractivity contribution < 1.29 is 14.6 Å². The minimum atomic E-state index is -0.738. The summed E-state index contributed by atoms with van der Waals surface area (Å²) in [6, 6.07) is 5.78. The molecule has 1 aromatic rings. The van der Waals surface area contributed by atoms with Crippen molar-refractivity contribution in [2.75, 3.05) is 7.11 Å². The van der Waals surface area contributed by atoms with Crippen LogP contribution in [0.2, 0.25) is 0 Å². The van der Waals surface area contributed by atoms with Crippen LogP contribution in [0.15, 0.2) is 18.2 Å². The molecule has 0 amide bonds. The van der Waals surface area contributed by atoms with E-state index in [0.29, 0.717) is 11.7 Å². The molecule has 1 aliphatic rings. The SMILES string of the molecule is CCC1CC(C(=O)O)(c2cc(C)ccc2OC)C1. The first-order valence-corrected chi connectivity index (χ1v) is 6.42. The zero-order valence-corrected chi connectivity index (χ0v) is 11.2. The summed E-state index contributed by atoms with van der Waals surface area (Å²) in [5.41, 5.74) is 1.17. The third-order valence-electron chi connectivity index (χ3n) is 4.13. The van der Waals surface area contributed by atoms with Crippen LogP contribution in [0.4, 0.5) is 0 Å². The molecule has 0 heterocycles. The largest absolute Gasteiger partial charge is 0.496 e. The van der Waals surface area contributed by atoms with Crippen LogP contribution in [0, 0.1) is 12.8 Å². The predicted octanol–water partition coefficient (Wildman–Crippen LogP) is 3.15. The number of carbonyl (C=O) groups is 1. The Hall–Kier alpha value is -1.51. The maximum atomic E-state index is 11.7. The van der Waals surface area contributed by atoms with Gasteiger partial charge in [0, 0.05) is 5.56 Å². The van der Waals surface area contributed by atoms with E-state index in [0.717, 1.165) is 30.4 Å². The van der Waals surface area contributed by atoms with E-state index in [1.54, 1.807) is 7.11 Å². The smallest absolute Gasteiger partial charge is 0.314 e. The first-order chi connectivity index (χ1) is 8.53. The van der Waals surface area contributed by atoms with Gasteiger partial charge in [-0.15, -0.1) is 0 Å². The third-order valence-corrected chi connectivity index (χ3v) is 4.13. The van der Waals surface area contributed by atoms with Gasteiger partial charge in [-0.05, 0) is 31.7 Å². The molecule has 2 rings (SSSR count). The Labute approximate surface area is 108 Å². The van der Waals surface area contributed by atoms with E-state index >= 15 is 0 Å². The van der Waals surface area contributed by atoms with Gasteiger partial charge in [0.05, 0.1) is 12.5 Å². The number of rotatable bonds is 4. The van der Waals surface area contributed by atoms with Crippen molar-refractivity contribution >= 4 is 5.97 Å². The molecule has 0 spiro atoms. The van der Waals surface area contributed by atoms with Gasteiger partial charge in [0.1, 0.15) is 5.75 Å². The third kappa shape index (κ3) is 1.88. The van der Waals surface area contributed by atoms with Crippen molar-refractivity contribution in [2.45, 2.75) is 38.5 Å². The molecule has 3 heteroatoms. The Kier molecular flexibility index (Phi) is 3.33. The lowest BCUT2D eigenvalue weighted by molar-refractivity contribution is -0.150. The van der Waals surface area contributed by atoms with Gasteiger partial charge in [-0.3, -0.25) is 4.79 Å². The van der Waals surface area contributed by atoms with Crippen LogP contribution in [0.25, 0.3) is 0 Å². The number of carboxylic acids is 1. The number of aryl methyl sites for hydroxylation is 1. The standard InChI is InChI=1S/C15H20O3/c1-4-11-8-15(9-11,14(16)17)12-7-10(2)5-6-13(12)18-3/h5-7,11H,4,8-9H2,1-3H3,(H,16,17).